The Kier molecular flexibility index (Phi) is 4.19. The summed E-state index contributed by atoms with van der Waals surface area (Å²) >= 11 is 1.70. The van der Waals surface area contributed by atoms with Crippen LogP contribution in [0.2, 0.25) is 0 Å². The van der Waals surface area contributed by atoms with Gasteiger partial charge in [0.05, 0.1) is 6.54 Å². The van der Waals surface area contributed by atoms with Crippen molar-refractivity contribution in [3.05, 3.63) is 21.9 Å². The van der Waals surface area contributed by atoms with E-state index in [1.165, 1.54) is 15.3 Å². The fraction of sp³-hybridized carbons (Fsp3) is 0.500. The lowest BCUT2D eigenvalue weighted by atomic mass is 10.2. The molecule has 0 saturated carbocycles. The van der Waals surface area contributed by atoms with E-state index in [9.17, 15) is 9.59 Å². The number of ether oxygens (including phenoxy) is 1. The van der Waals surface area contributed by atoms with Gasteiger partial charge in [-0.3, -0.25) is 9.69 Å². The smallest absolute Gasteiger partial charge is 0.410 e. The van der Waals surface area contributed by atoms with Crippen LogP contribution in [-0.4, -0.2) is 43.1 Å². The fourth-order valence-corrected chi connectivity index (χ4v) is 2.68. The number of aryl methyl sites for hydroxylation is 1. The molecule has 2 rings (SSSR count). The van der Waals surface area contributed by atoms with Gasteiger partial charge in [-0.05, 0) is 30.4 Å². The van der Waals surface area contributed by atoms with Gasteiger partial charge in [0.15, 0.2) is 0 Å². The second kappa shape index (κ2) is 5.86. The third-order valence-corrected chi connectivity index (χ3v) is 3.90. The van der Waals surface area contributed by atoms with E-state index in [-0.39, 0.29) is 12.5 Å². The number of cyclic esters (lactones) is 1. The predicted molar refractivity (Wildman–Crippen MR) is 68.7 cm³/mol. The zero-order valence-corrected chi connectivity index (χ0v) is 11.1. The Hall–Kier alpha value is -1.56. The van der Waals surface area contributed by atoms with Gasteiger partial charge in [-0.1, -0.05) is 0 Å². The first kappa shape index (κ1) is 12.9. The maximum Gasteiger partial charge on any atom is 0.410 e. The van der Waals surface area contributed by atoms with Gasteiger partial charge < -0.3 is 10.1 Å². The highest BCUT2D eigenvalue weighted by Crippen LogP contribution is 2.15. The molecule has 1 fully saturated rings. The van der Waals surface area contributed by atoms with Crippen LogP contribution in [-0.2, 0) is 16.0 Å². The minimum absolute atomic E-state index is 0.0856. The summed E-state index contributed by atoms with van der Waals surface area (Å²) < 4.78 is 4.75. The van der Waals surface area contributed by atoms with Crippen molar-refractivity contribution < 1.29 is 14.3 Å². The summed E-state index contributed by atoms with van der Waals surface area (Å²) in [6, 6.07) is 2.07. The fourth-order valence-electron chi connectivity index (χ4n) is 1.77. The molecule has 18 heavy (non-hydrogen) atoms. The topological polar surface area (TPSA) is 58.6 Å². The Morgan fingerprint density at radius 2 is 2.44 bits per heavy atom. The van der Waals surface area contributed by atoms with Crippen molar-refractivity contribution >= 4 is 23.3 Å². The van der Waals surface area contributed by atoms with Crippen molar-refractivity contribution in [2.24, 2.45) is 0 Å². The van der Waals surface area contributed by atoms with Crippen LogP contribution in [0.25, 0.3) is 0 Å². The van der Waals surface area contributed by atoms with E-state index in [1.807, 2.05) is 5.38 Å². The zero-order valence-electron chi connectivity index (χ0n) is 10.3. The molecule has 0 unspecified atom stereocenters. The molecule has 0 aliphatic carbocycles. The highest BCUT2D eigenvalue weighted by molar-refractivity contribution is 7.10. The molecule has 1 aliphatic rings. The van der Waals surface area contributed by atoms with Gasteiger partial charge in [0.2, 0.25) is 5.91 Å². The monoisotopic (exact) mass is 268 g/mol. The number of hydrogen-bond donors (Lipinski definition) is 1. The molecular weight excluding hydrogens is 252 g/mol. The SMILES string of the molecule is Cc1ccsc1CCNC(=O)CN1CCOC1=O. The Bertz CT molecular complexity index is 444. The Balaban J connectivity index is 1.69. The summed E-state index contributed by atoms with van der Waals surface area (Å²) in [6.45, 7) is 3.62. The molecule has 0 spiro atoms. The number of rotatable bonds is 5. The molecule has 0 aromatic carbocycles. The molecule has 2 heterocycles. The summed E-state index contributed by atoms with van der Waals surface area (Å²) in [5, 5.41) is 4.86. The van der Waals surface area contributed by atoms with Gasteiger partial charge in [0.25, 0.3) is 0 Å². The van der Waals surface area contributed by atoms with Crippen molar-refractivity contribution in [1.29, 1.82) is 0 Å². The van der Waals surface area contributed by atoms with Crippen LogP contribution < -0.4 is 5.32 Å². The van der Waals surface area contributed by atoms with Crippen molar-refractivity contribution in [1.82, 2.24) is 10.2 Å². The number of carbonyl (C=O) groups excluding carboxylic acids is 2. The molecule has 1 aliphatic heterocycles. The average Bonchev–Trinajstić information content (AvgIpc) is 2.90. The van der Waals surface area contributed by atoms with E-state index in [1.54, 1.807) is 11.3 Å². The summed E-state index contributed by atoms with van der Waals surface area (Å²) in [4.78, 5) is 25.4. The normalized spacial score (nSPS) is 14.7. The highest BCUT2D eigenvalue weighted by atomic mass is 32.1. The molecule has 1 saturated heterocycles. The van der Waals surface area contributed by atoms with Gasteiger partial charge in [0, 0.05) is 11.4 Å². The van der Waals surface area contributed by atoms with E-state index < -0.39 is 6.09 Å². The summed E-state index contributed by atoms with van der Waals surface area (Å²) in [7, 11) is 0. The second-order valence-electron chi connectivity index (χ2n) is 4.16. The maximum atomic E-state index is 11.6. The Morgan fingerprint density at radius 1 is 1.61 bits per heavy atom. The van der Waals surface area contributed by atoms with Crippen LogP contribution >= 0.6 is 11.3 Å². The molecule has 1 aromatic rings. The van der Waals surface area contributed by atoms with Crippen molar-refractivity contribution in [3.8, 4) is 0 Å². The van der Waals surface area contributed by atoms with E-state index in [0.717, 1.165) is 6.42 Å². The van der Waals surface area contributed by atoms with Crippen molar-refractivity contribution in [3.63, 3.8) is 0 Å². The lowest BCUT2D eigenvalue weighted by Crippen LogP contribution is -2.38. The Morgan fingerprint density at radius 3 is 3.06 bits per heavy atom. The Labute approximate surface area is 110 Å². The number of thiophene rings is 1. The van der Waals surface area contributed by atoms with E-state index in [2.05, 4.69) is 18.3 Å². The molecule has 1 aromatic heterocycles. The van der Waals surface area contributed by atoms with Gasteiger partial charge in [-0.25, -0.2) is 4.79 Å². The summed E-state index contributed by atoms with van der Waals surface area (Å²) in [5.74, 6) is -0.136. The lowest BCUT2D eigenvalue weighted by Gasteiger charge is -2.12. The van der Waals surface area contributed by atoms with Gasteiger partial charge in [-0.2, -0.15) is 0 Å². The highest BCUT2D eigenvalue weighted by Gasteiger charge is 2.23. The minimum atomic E-state index is -0.403. The van der Waals surface area contributed by atoms with Crippen molar-refractivity contribution in [2.75, 3.05) is 26.2 Å². The first-order valence-electron chi connectivity index (χ1n) is 5.88. The van der Waals surface area contributed by atoms with Crippen LogP contribution in [0.15, 0.2) is 11.4 Å². The van der Waals surface area contributed by atoms with Crippen LogP contribution in [0.5, 0.6) is 0 Å². The summed E-state index contributed by atoms with van der Waals surface area (Å²) in [5.41, 5.74) is 1.26. The predicted octanol–water partition coefficient (Wildman–Crippen LogP) is 1.17. The number of amides is 2. The minimum Gasteiger partial charge on any atom is -0.448 e. The number of nitrogens with zero attached hydrogens (tertiary/aromatic N) is 1. The molecule has 0 atom stereocenters. The quantitative estimate of drug-likeness (QED) is 0.872. The first-order chi connectivity index (χ1) is 8.66. The van der Waals surface area contributed by atoms with Crippen LogP contribution in [0, 0.1) is 6.92 Å². The lowest BCUT2D eigenvalue weighted by molar-refractivity contribution is -0.121. The molecule has 0 bridgehead atoms. The summed E-state index contributed by atoms with van der Waals surface area (Å²) in [6.07, 6.45) is 0.430. The molecule has 6 heteroatoms. The van der Waals surface area contributed by atoms with E-state index in [4.69, 9.17) is 4.74 Å². The molecule has 98 valence electrons. The number of nitrogens with one attached hydrogen (secondary N) is 1. The van der Waals surface area contributed by atoms with Crippen LogP contribution in [0.3, 0.4) is 0 Å². The molecule has 2 amide bonds. The largest absolute Gasteiger partial charge is 0.448 e. The van der Waals surface area contributed by atoms with Crippen LogP contribution in [0.1, 0.15) is 10.4 Å². The van der Waals surface area contributed by atoms with E-state index in [0.29, 0.717) is 19.7 Å². The number of carbonyl (C=O) groups is 2. The first-order valence-corrected chi connectivity index (χ1v) is 6.76. The third-order valence-electron chi connectivity index (χ3n) is 2.82. The van der Waals surface area contributed by atoms with Gasteiger partial charge >= 0.3 is 6.09 Å². The number of hydrogen-bond acceptors (Lipinski definition) is 4. The third kappa shape index (κ3) is 3.22. The van der Waals surface area contributed by atoms with E-state index >= 15 is 0 Å². The van der Waals surface area contributed by atoms with Gasteiger partial charge in [-0.15, -0.1) is 11.3 Å². The molecule has 0 radical (unpaired) electrons. The molecule has 5 nitrogen and oxygen atoms in total. The maximum absolute atomic E-state index is 11.6. The molecule has 1 N–H and O–H groups in total. The van der Waals surface area contributed by atoms with Crippen LogP contribution in [0.4, 0.5) is 4.79 Å². The van der Waals surface area contributed by atoms with Crippen molar-refractivity contribution in [2.45, 2.75) is 13.3 Å². The molecular formula is C12H16N2O3S. The second-order valence-corrected chi connectivity index (χ2v) is 5.16. The zero-order chi connectivity index (χ0) is 13.0. The van der Waals surface area contributed by atoms with Gasteiger partial charge in [0.1, 0.15) is 13.2 Å². The standard InChI is InChI=1S/C12H16N2O3S/c1-9-3-7-18-10(9)2-4-13-11(15)8-14-5-6-17-12(14)16/h3,7H,2,4-6,8H2,1H3,(H,13,15). The average molecular weight is 268 g/mol.